The molecular formula is C9H17I. The van der Waals surface area contributed by atoms with Crippen LogP contribution in [-0.2, 0) is 0 Å². The maximum absolute atomic E-state index is 2.32. The Morgan fingerprint density at radius 1 is 1.40 bits per heavy atom. The zero-order valence-corrected chi connectivity index (χ0v) is 9.26. The maximum atomic E-state index is 2.32. The summed E-state index contributed by atoms with van der Waals surface area (Å²) in [6.07, 6.45) is 4.93. The highest BCUT2D eigenvalue weighted by molar-refractivity contribution is 14.1. The van der Waals surface area contributed by atoms with Crippen LogP contribution in [0.2, 0.25) is 0 Å². The van der Waals surface area contributed by atoms with Gasteiger partial charge in [-0.1, -0.05) is 62.3 Å². The van der Waals surface area contributed by atoms with Crippen LogP contribution in [0.5, 0.6) is 0 Å². The van der Waals surface area contributed by atoms with Gasteiger partial charge < -0.3 is 0 Å². The van der Waals surface area contributed by atoms with Crippen molar-refractivity contribution in [3.8, 4) is 0 Å². The van der Waals surface area contributed by atoms with Crippen molar-refractivity contribution in [3.05, 3.63) is 10.2 Å². The molecule has 0 aromatic heterocycles. The van der Waals surface area contributed by atoms with Gasteiger partial charge in [-0.2, -0.15) is 0 Å². The van der Waals surface area contributed by atoms with Crippen LogP contribution in [0, 0.1) is 11.8 Å². The SMILES string of the molecule is CCC[C@H](C)[C@@H](C)/C=C\I. The molecule has 0 aromatic carbocycles. The molecule has 0 aliphatic rings. The summed E-state index contributed by atoms with van der Waals surface area (Å²) in [4.78, 5) is 0. The third-order valence-corrected chi connectivity index (χ3v) is 2.43. The Bertz CT molecular complexity index is 96.9. The first-order valence-electron chi connectivity index (χ1n) is 3.99. The van der Waals surface area contributed by atoms with Gasteiger partial charge >= 0.3 is 0 Å². The van der Waals surface area contributed by atoms with Crippen LogP contribution in [0.25, 0.3) is 0 Å². The number of hydrogen-bond acceptors (Lipinski definition) is 0. The summed E-state index contributed by atoms with van der Waals surface area (Å²) < 4.78 is 2.12. The van der Waals surface area contributed by atoms with Crippen molar-refractivity contribution in [1.29, 1.82) is 0 Å². The molecule has 0 spiro atoms. The van der Waals surface area contributed by atoms with E-state index in [4.69, 9.17) is 0 Å². The Balaban J connectivity index is 3.58. The molecule has 0 aliphatic heterocycles. The molecule has 1 heteroatoms. The van der Waals surface area contributed by atoms with Gasteiger partial charge in [0, 0.05) is 0 Å². The standard InChI is InChI=1S/C9H17I/c1-4-5-8(2)9(3)6-7-10/h6-9H,4-5H2,1-3H3/b7-6-/t8-,9-/m0/s1. The molecule has 60 valence electrons. The number of hydrogen-bond donors (Lipinski definition) is 0. The summed E-state index contributed by atoms with van der Waals surface area (Å²) in [5, 5.41) is 0. The lowest BCUT2D eigenvalue weighted by atomic mass is 9.92. The summed E-state index contributed by atoms with van der Waals surface area (Å²) in [5.41, 5.74) is 0. The van der Waals surface area contributed by atoms with Crippen LogP contribution >= 0.6 is 22.6 Å². The van der Waals surface area contributed by atoms with Gasteiger partial charge in [-0.05, 0) is 15.9 Å². The fraction of sp³-hybridized carbons (Fsp3) is 0.778. The second kappa shape index (κ2) is 6.20. The second-order valence-corrected chi connectivity index (χ2v) is 3.66. The second-order valence-electron chi connectivity index (χ2n) is 2.94. The van der Waals surface area contributed by atoms with E-state index in [2.05, 4.69) is 53.5 Å². The van der Waals surface area contributed by atoms with Crippen molar-refractivity contribution < 1.29 is 0 Å². The Kier molecular flexibility index (Phi) is 6.49. The molecule has 0 heterocycles. The minimum atomic E-state index is 0.747. The van der Waals surface area contributed by atoms with E-state index in [-0.39, 0.29) is 0 Å². The average molecular weight is 252 g/mol. The van der Waals surface area contributed by atoms with Gasteiger partial charge in [0.2, 0.25) is 0 Å². The van der Waals surface area contributed by atoms with Gasteiger partial charge in [0.15, 0.2) is 0 Å². The first kappa shape index (κ1) is 10.5. The van der Waals surface area contributed by atoms with Gasteiger partial charge in [-0.3, -0.25) is 0 Å². The van der Waals surface area contributed by atoms with Crippen LogP contribution in [0.4, 0.5) is 0 Å². The summed E-state index contributed by atoms with van der Waals surface area (Å²) in [7, 11) is 0. The van der Waals surface area contributed by atoms with Crippen LogP contribution in [0.15, 0.2) is 10.2 Å². The molecular weight excluding hydrogens is 235 g/mol. The number of allylic oxidation sites excluding steroid dienone is 1. The number of rotatable bonds is 4. The van der Waals surface area contributed by atoms with Crippen molar-refractivity contribution in [3.63, 3.8) is 0 Å². The van der Waals surface area contributed by atoms with E-state index in [1.807, 2.05) is 0 Å². The normalized spacial score (nSPS) is 17.6. The minimum absolute atomic E-state index is 0.747. The Morgan fingerprint density at radius 2 is 2.00 bits per heavy atom. The molecule has 0 saturated heterocycles. The third-order valence-electron chi connectivity index (χ3n) is 2.02. The third kappa shape index (κ3) is 4.31. The van der Waals surface area contributed by atoms with E-state index in [9.17, 15) is 0 Å². The highest BCUT2D eigenvalue weighted by Crippen LogP contribution is 2.17. The average Bonchev–Trinajstić information content (AvgIpc) is 1.89. The van der Waals surface area contributed by atoms with Gasteiger partial charge in [0.05, 0.1) is 0 Å². The summed E-state index contributed by atoms with van der Waals surface area (Å²) in [5.74, 6) is 1.59. The van der Waals surface area contributed by atoms with Gasteiger partial charge in [0.1, 0.15) is 0 Å². The monoisotopic (exact) mass is 252 g/mol. The van der Waals surface area contributed by atoms with Crippen molar-refractivity contribution >= 4 is 22.6 Å². The molecule has 0 bridgehead atoms. The molecule has 10 heavy (non-hydrogen) atoms. The van der Waals surface area contributed by atoms with Crippen molar-refractivity contribution in [2.24, 2.45) is 11.8 Å². The predicted octanol–water partition coefficient (Wildman–Crippen LogP) is 4.01. The van der Waals surface area contributed by atoms with Crippen molar-refractivity contribution in [2.75, 3.05) is 0 Å². The zero-order valence-electron chi connectivity index (χ0n) is 7.10. The first-order chi connectivity index (χ1) is 4.72. The molecule has 0 N–H and O–H groups in total. The van der Waals surface area contributed by atoms with Crippen molar-refractivity contribution in [2.45, 2.75) is 33.6 Å². The summed E-state index contributed by atoms with van der Waals surface area (Å²) in [6, 6.07) is 0. The Labute approximate surface area is 78.2 Å². The predicted molar refractivity (Wildman–Crippen MR) is 56.4 cm³/mol. The van der Waals surface area contributed by atoms with Crippen LogP contribution in [-0.4, -0.2) is 0 Å². The molecule has 0 rings (SSSR count). The molecule has 2 atom stereocenters. The summed E-state index contributed by atoms with van der Waals surface area (Å²) in [6.45, 7) is 6.86. The molecule has 0 amide bonds. The molecule has 0 aromatic rings. The van der Waals surface area contributed by atoms with Crippen LogP contribution in [0.1, 0.15) is 33.6 Å². The molecule has 0 nitrogen and oxygen atoms in total. The lowest BCUT2D eigenvalue weighted by Gasteiger charge is -2.14. The van der Waals surface area contributed by atoms with E-state index >= 15 is 0 Å². The van der Waals surface area contributed by atoms with E-state index in [1.165, 1.54) is 12.8 Å². The minimum Gasteiger partial charge on any atom is -0.0753 e. The topological polar surface area (TPSA) is 0 Å². The Hall–Kier alpha value is 0.470. The molecule has 0 unspecified atom stereocenters. The van der Waals surface area contributed by atoms with E-state index < -0.39 is 0 Å². The lowest BCUT2D eigenvalue weighted by molar-refractivity contribution is 0.424. The van der Waals surface area contributed by atoms with Crippen molar-refractivity contribution in [1.82, 2.24) is 0 Å². The molecule has 0 saturated carbocycles. The highest BCUT2D eigenvalue weighted by atomic mass is 127. The van der Waals surface area contributed by atoms with Gasteiger partial charge in [0.25, 0.3) is 0 Å². The molecule has 0 fully saturated rings. The van der Waals surface area contributed by atoms with E-state index in [0.29, 0.717) is 0 Å². The van der Waals surface area contributed by atoms with E-state index in [1.54, 1.807) is 0 Å². The largest absolute Gasteiger partial charge is 0.0753 e. The van der Waals surface area contributed by atoms with Crippen LogP contribution < -0.4 is 0 Å². The van der Waals surface area contributed by atoms with Crippen LogP contribution in [0.3, 0.4) is 0 Å². The maximum Gasteiger partial charge on any atom is -0.0229 e. The number of halogens is 1. The highest BCUT2D eigenvalue weighted by Gasteiger charge is 2.06. The van der Waals surface area contributed by atoms with Gasteiger partial charge in [-0.15, -0.1) is 0 Å². The Morgan fingerprint density at radius 3 is 2.40 bits per heavy atom. The quantitative estimate of drug-likeness (QED) is 0.663. The van der Waals surface area contributed by atoms with E-state index in [0.717, 1.165) is 11.8 Å². The summed E-state index contributed by atoms with van der Waals surface area (Å²) >= 11 is 2.28. The lowest BCUT2D eigenvalue weighted by Crippen LogP contribution is -2.03. The van der Waals surface area contributed by atoms with Gasteiger partial charge in [-0.25, -0.2) is 0 Å². The smallest absolute Gasteiger partial charge is 0.0229 e. The fourth-order valence-corrected chi connectivity index (χ4v) is 1.68. The first-order valence-corrected chi connectivity index (χ1v) is 5.23. The zero-order chi connectivity index (χ0) is 7.98. The molecule has 0 radical (unpaired) electrons. The molecule has 0 aliphatic carbocycles. The fourth-order valence-electron chi connectivity index (χ4n) is 1.02.